The second-order valence-corrected chi connectivity index (χ2v) is 4.62. The van der Waals surface area contributed by atoms with E-state index < -0.39 is 0 Å². The van der Waals surface area contributed by atoms with Gasteiger partial charge in [-0.2, -0.15) is 0 Å². The van der Waals surface area contributed by atoms with Crippen LogP contribution in [0.3, 0.4) is 0 Å². The van der Waals surface area contributed by atoms with Crippen molar-refractivity contribution in [2.24, 2.45) is 5.92 Å². The van der Waals surface area contributed by atoms with Gasteiger partial charge in [0.2, 0.25) is 0 Å². The number of esters is 1. The third-order valence-electron chi connectivity index (χ3n) is 3.56. The van der Waals surface area contributed by atoms with Gasteiger partial charge < -0.3 is 9.47 Å². The molecule has 0 saturated heterocycles. The number of hydrogen-bond donors (Lipinski definition) is 0. The van der Waals surface area contributed by atoms with Crippen LogP contribution in [-0.4, -0.2) is 19.2 Å². The largest absolute Gasteiger partial charge is 0.493 e. The predicted molar refractivity (Wildman–Crippen MR) is 63.1 cm³/mol. The van der Waals surface area contributed by atoms with Crippen molar-refractivity contribution in [3.05, 3.63) is 29.3 Å². The smallest absolute Gasteiger partial charge is 0.309 e. The van der Waals surface area contributed by atoms with Crippen LogP contribution in [-0.2, 0) is 16.0 Å². The molecule has 0 radical (unpaired) electrons. The van der Waals surface area contributed by atoms with Gasteiger partial charge in [-0.3, -0.25) is 4.79 Å². The Morgan fingerprint density at radius 2 is 2.41 bits per heavy atom. The van der Waals surface area contributed by atoms with Crippen LogP contribution in [0.4, 0.5) is 0 Å². The van der Waals surface area contributed by atoms with E-state index in [1.54, 1.807) is 0 Å². The molecular formula is C14H16O3. The predicted octanol–water partition coefficient (Wildman–Crippen LogP) is 2.29. The fourth-order valence-electron chi connectivity index (χ4n) is 2.64. The molecule has 0 N–H and O–H groups in total. The Bertz CT molecular complexity index is 453. The number of ether oxygens (including phenoxy) is 2. The molecule has 1 aromatic carbocycles. The Balaban J connectivity index is 1.79. The van der Waals surface area contributed by atoms with Crippen molar-refractivity contribution in [1.29, 1.82) is 0 Å². The molecule has 3 rings (SSSR count). The summed E-state index contributed by atoms with van der Waals surface area (Å²) in [5, 5.41) is 0. The van der Waals surface area contributed by atoms with E-state index in [1.165, 1.54) is 11.1 Å². The summed E-state index contributed by atoms with van der Waals surface area (Å²) in [6.07, 6.45) is 1.90. The van der Waals surface area contributed by atoms with Gasteiger partial charge in [-0.15, -0.1) is 0 Å². The molecule has 0 spiro atoms. The zero-order valence-electron chi connectivity index (χ0n) is 9.94. The molecule has 0 bridgehead atoms. The average molecular weight is 232 g/mol. The standard InChI is InChI=1S/C14H16O3/c1-2-16-14(15)12-8-11(12)9-4-3-5-13-10(9)6-7-17-13/h3-5,11-12H,2,6-8H2,1H3/t11?,12-/m1/s1. The Hall–Kier alpha value is -1.51. The van der Waals surface area contributed by atoms with Gasteiger partial charge in [0, 0.05) is 12.0 Å². The highest BCUT2D eigenvalue weighted by molar-refractivity contribution is 5.77. The van der Waals surface area contributed by atoms with Crippen LogP contribution in [0.25, 0.3) is 0 Å². The fraction of sp³-hybridized carbons (Fsp3) is 0.500. The van der Waals surface area contributed by atoms with Crippen LogP contribution < -0.4 is 4.74 Å². The van der Waals surface area contributed by atoms with Crippen molar-refractivity contribution in [2.75, 3.05) is 13.2 Å². The molecule has 1 aliphatic carbocycles. The normalized spacial score (nSPS) is 25.0. The van der Waals surface area contributed by atoms with Gasteiger partial charge in [-0.05, 0) is 30.9 Å². The van der Waals surface area contributed by atoms with Gasteiger partial charge in [-0.1, -0.05) is 12.1 Å². The van der Waals surface area contributed by atoms with Crippen LogP contribution in [0.15, 0.2) is 18.2 Å². The summed E-state index contributed by atoms with van der Waals surface area (Å²) in [5.41, 5.74) is 2.59. The number of benzene rings is 1. The van der Waals surface area contributed by atoms with Gasteiger partial charge in [-0.25, -0.2) is 0 Å². The number of hydrogen-bond acceptors (Lipinski definition) is 3. The molecule has 90 valence electrons. The topological polar surface area (TPSA) is 35.5 Å². The summed E-state index contributed by atoms with van der Waals surface area (Å²) in [4.78, 5) is 11.6. The third kappa shape index (κ3) is 1.79. The molecular weight excluding hydrogens is 216 g/mol. The molecule has 1 heterocycles. The molecule has 1 saturated carbocycles. The molecule has 3 nitrogen and oxygen atoms in total. The van der Waals surface area contributed by atoms with E-state index in [0.717, 1.165) is 25.2 Å². The number of rotatable bonds is 3. The van der Waals surface area contributed by atoms with E-state index in [0.29, 0.717) is 12.5 Å². The van der Waals surface area contributed by atoms with Gasteiger partial charge in [0.1, 0.15) is 5.75 Å². The summed E-state index contributed by atoms with van der Waals surface area (Å²) in [5.74, 6) is 1.37. The van der Waals surface area contributed by atoms with Crippen LogP contribution >= 0.6 is 0 Å². The Labute approximate surface area is 101 Å². The number of carbonyl (C=O) groups is 1. The van der Waals surface area contributed by atoms with E-state index in [2.05, 4.69) is 6.07 Å². The van der Waals surface area contributed by atoms with Crippen molar-refractivity contribution in [3.8, 4) is 5.75 Å². The highest BCUT2D eigenvalue weighted by atomic mass is 16.5. The molecule has 0 amide bonds. The van der Waals surface area contributed by atoms with Crippen LogP contribution in [0.1, 0.15) is 30.4 Å². The summed E-state index contributed by atoms with van der Waals surface area (Å²) in [7, 11) is 0. The van der Waals surface area contributed by atoms with Gasteiger partial charge in [0.25, 0.3) is 0 Å². The molecule has 2 atom stereocenters. The van der Waals surface area contributed by atoms with Crippen LogP contribution in [0, 0.1) is 5.92 Å². The maximum Gasteiger partial charge on any atom is 0.309 e. The second kappa shape index (κ2) is 4.06. The van der Waals surface area contributed by atoms with E-state index in [-0.39, 0.29) is 11.9 Å². The molecule has 1 unspecified atom stereocenters. The Kier molecular flexibility index (Phi) is 2.54. The quantitative estimate of drug-likeness (QED) is 0.750. The zero-order chi connectivity index (χ0) is 11.8. The van der Waals surface area contributed by atoms with E-state index in [4.69, 9.17) is 9.47 Å². The van der Waals surface area contributed by atoms with Crippen molar-refractivity contribution in [1.82, 2.24) is 0 Å². The molecule has 1 aromatic rings. The Morgan fingerprint density at radius 1 is 1.53 bits per heavy atom. The lowest BCUT2D eigenvalue weighted by atomic mass is 10.00. The van der Waals surface area contributed by atoms with Gasteiger partial charge in [0.15, 0.2) is 0 Å². The average Bonchev–Trinajstić information content (AvgIpc) is 2.98. The van der Waals surface area contributed by atoms with Crippen molar-refractivity contribution >= 4 is 5.97 Å². The first-order chi connectivity index (χ1) is 8.31. The summed E-state index contributed by atoms with van der Waals surface area (Å²) < 4.78 is 10.6. The lowest BCUT2D eigenvalue weighted by Gasteiger charge is -2.06. The SMILES string of the molecule is CCOC(=O)[C@@H]1CC1c1cccc2c1CCO2. The van der Waals surface area contributed by atoms with Crippen LogP contribution in [0.2, 0.25) is 0 Å². The molecule has 0 aromatic heterocycles. The third-order valence-corrected chi connectivity index (χ3v) is 3.56. The summed E-state index contributed by atoms with van der Waals surface area (Å²) in [6.45, 7) is 3.09. The molecule has 1 fully saturated rings. The minimum atomic E-state index is -0.0472. The first-order valence-electron chi connectivity index (χ1n) is 6.22. The number of fused-ring (bicyclic) bond motifs is 1. The molecule has 2 aliphatic rings. The summed E-state index contributed by atoms with van der Waals surface area (Å²) in [6, 6.07) is 6.14. The lowest BCUT2D eigenvalue weighted by Crippen LogP contribution is -2.07. The first-order valence-corrected chi connectivity index (χ1v) is 6.22. The van der Waals surface area contributed by atoms with Crippen molar-refractivity contribution < 1.29 is 14.3 Å². The van der Waals surface area contributed by atoms with Gasteiger partial charge >= 0.3 is 5.97 Å². The second-order valence-electron chi connectivity index (χ2n) is 4.62. The Morgan fingerprint density at radius 3 is 3.24 bits per heavy atom. The fourth-order valence-corrected chi connectivity index (χ4v) is 2.64. The number of carbonyl (C=O) groups excluding carboxylic acids is 1. The maximum absolute atomic E-state index is 11.6. The maximum atomic E-state index is 11.6. The highest BCUT2D eigenvalue weighted by Gasteiger charge is 2.46. The van der Waals surface area contributed by atoms with Crippen LogP contribution in [0.5, 0.6) is 5.75 Å². The minimum Gasteiger partial charge on any atom is -0.493 e. The van der Waals surface area contributed by atoms with Gasteiger partial charge in [0.05, 0.1) is 19.1 Å². The molecule has 3 heteroatoms. The van der Waals surface area contributed by atoms with Crippen molar-refractivity contribution in [2.45, 2.75) is 25.7 Å². The monoisotopic (exact) mass is 232 g/mol. The van der Waals surface area contributed by atoms with Crippen molar-refractivity contribution in [3.63, 3.8) is 0 Å². The molecule has 17 heavy (non-hydrogen) atoms. The van der Waals surface area contributed by atoms with E-state index in [1.807, 2.05) is 19.1 Å². The zero-order valence-corrected chi connectivity index (χ0v) is 9.94. The summed E-state index contributed by atoms with van der Waals surface area (Å²) >= 11 is 0. The van der Waals surface area contributed by atoms with E-state index in [9.17, 15) is 4.79 Å². The first kappa shape index (κ1) is 10.6. The van der Waals surface area contributed by atoms with E-state index >= 15 is 0 Å². The molecule has 1 aliphatic heterocycles. The highest BCUT2D eigenvalue weighted by Crippen LogP contribution is 2.51. The minimum absolute atomic E-state index is 0.0472. The lowest BCUT2D eigenvalue weighted by molar-refractivity contribution is -0.144.